The van der Waals surface area contributed by atoms with Gasteiger partial charge in [-0.15, -0.1) is 0 Å². The minimum atomic E-state index is -0.669. The first-order valence-corrected chi connectivity index (χ1v) is 14.4. The molecule has 4 aliphatic rings. The summed E-state index contributed by atoms with van der Waals surface area (Å²) in [5.74, 6) is 2.03. The maximum atomic E-state index is 13.1. The molecular formula is C29H36N8O3. The normalized spacial score (nSPS) is 26.9. The lowest BCUT2D eigenvalue weighted by Crippen LogP contribution is -2.46. The van der Waals surface area contributed by atoms with Gasteiger partial charge in [-0.05, 0) is 63.8 Å². The number of carbonyl (C=O) groups excluding carboxylic acids is 1. The number of pyridine rings is 2. The van der Waals surface area contributed by atoms with Crippen LogP contribution in [0.25, 0.3) is 10.9 Å². The topological polar surface area (TPSA) is 131 Å². The number of nitrogens with one attached hydrogen (secondary N) is 1. The lowest BCUT2D eigenvalue weighted by Gasteiger charge is -2.32. The van der Waals surface area contributed by atoms with Crippen molar-refractivity contribution in [1.82, 2.24) is 29.7 Å². The summed E-state index contributed by atoms with van der Waals surface area (Å²) in [7, 11) is 1.89. The molecule has 11 nitrogen and oxygen atoms in total. The fraction of sp³-hybridized carbons (Fsp3) is 0.552. The van der Waals surface area contributed by atoms with Crippen molar-refractivity contribution in [2.75, 3.05) is 30.4 Å². The molecule has 0 spiro atoms. The summed E-state index contributed by atoms with van der Waals surface area (Å²) in [4.78, 5) is 38.5. The highest BCUT2D eigenvalue weighted by Gasteiger charge is 2.41. The molecule has 4 aliphatic heterocycles. The average Bonchev–Trinajstić information content (AvgIpc) is 3.65. The van der Waals surface area contributed by atoms with E-state index in [0.29, 0.717) is 62.0 Å². The Balaban J connectivity index is 1.13. The van der Waals surface area contributed by atoms with Gasteiger partial charge in [0.2, 0.25) is 11.9 Å². The molecule has 1 amide bonds. The Bertz CT molecular complexity index is 1440. The summed E-state index contributed by atoms with van der Waals surface area (Å²) in [6, 6.07) is 6.49. The van der Waals surface area contributed by atoms with Crippen molar-refractivity contribution in [1.29, 1.82) is 0 Å². The fourth-order valence-electron chi connectivity index (χ4n) is 7.02. The summed E-state index contributed by atoms with van der Waals surface area (Å²) in [5.41, 5.74) is 3.42. The van der Waals surface area contributed by atoms with Crippen LogP contribution in [0.1, 0.15) is 62.1 Å². The predicted octanol–water partition coefficient (Wildman–Crippen LogP) is 2.30. The van der Waals surface area contributed by atoms with Crippen molar-refractivity contribution < 1.29 is 15.0 Å². The Kier molecular flexibility index (Phi) is 6.32. The number of likely N-dealkylation sites (tertiary alicyclic amines) is 1. The van der Waals surface area contributed by atoms with E-state index in [4.69, 9.17) is 15.0 Å². The number of rotatable bonds is 5. The number of hydrogen-bond acceptors (Lipinski definition) is 10. The predicted molar refractivity (Wildman–Crippen MR) is 150 cm³/mol. The molecule has 3 atom stereocenters. The monoisotopic (exact) mass is 544 g/mol. The van der Waals surface area contributed by atoms with Crippen LogP contribution >= 0.6 is 0 Å². The molecule has 3 saturated heterocycles. The van der Waals surface area contributed by atoms with Crippen LogP contribution in [0.2, 0.25) is 0 Å². The molecule has 3 aromatic heterocycles. The molecule has 210 valence electrons. The molecule has 3 aromatic rings. The van der Waals surface area contributed by atoms with Gasteiger partial charge in [-0.1, -0.05) is 6.07 Å². The third-order valence-electron chi connectivity index (χ3n) is 9.10. The number of nitrogens with zero attached hydrogens (tertiary/aromatic N) is 7. The Labute approximate surface area is 233 Å². The highest BCUT2D eigenvalue weighted by atomic mass is 16.3. The molecule has 2 bridgehead atoms. The summed E-state index contributed by atoms with van der Waals surface area (Å²) < 4.78 is 0. The lowest BCUT2D eigenvalue weighted by atomic mass is 10.0. The van der Waals surface area contributed by atoms with E-state index in [9.17, 15) is 15.0 Å². The van der Waals surface area contributed by atoms with Crippen molar-refractivity contribution in [3.63, 3.8) is 0 Å². The number of aliphatic hydroxyl groups excluding tert-OH is 2. The van der Waals surface area contributed by atoms with Gasteiger partial charge in [0, 0.05) is 55.4 Å². The van der Waals surface area contributed by atoms with Gasteiger partial charge in [0.1, 0.15) is 11.3 Å². The molecule has 7 rings (SSSR count). The molecule has 0 radical (unpaired) electrons. The number of amides is 1. The van der Waals surface area contributed by atoms with Crippen LogP contribution in [0.15, 0.2) is 24.4 Å². The number of likely N-dealkylation sites (N-methyl/N-ethyl adjacent to an activating group) is 1. The van der Waals surface area contributed by atoms with E-state index < -0.39 is 12.2 Å². The zero-order chi connectivity index (χ0) is 27.5. The quantitative estimate of drug-likeness (QED) is 0.440. The van der Waals surface area contributed by atoms with Gasteiger partial charge >= 0.3 is 0 Å². The molecule has 11 heteroatoms. The van der Waals surface area contributed by atoms with Gasteiger partial charge < -0.3 is 25.3 Å². The maximum Gasteiger partial charge on any atom is 0.240 e. The average molecular weight is 545 g/mol. The Hall–Kier alpha value is -3.41. The van der Waals surface area contributed by atoms with Gasteiger partial charge in [-0.3, -0.25) is 9.69 Å². The first kappa shape index (κ1) is 25.6. The van der Waals surface area contributed by atoms with Crippen LogP contribution in [0, 0.1) is 0 Å². The number of aliphatic hydroxyl groups is 2. The van der Waals surface area contributed by atoms with Crippen LogP contribution in [0.3, 0.4) is 0 Å². The van der Waals surface area contributed by atoms with Crippen LogP contribution < -0.4 is 10.2 Å². The SMILES string of the molecule is C[C@@H](O)c1cc2cnc(Nc3ccc4c(n3)CCN(C(=O)[C@@H]3C[C@@H](O)CN3C)C4)nc2c(N2C3CCC2CC3)n1. The number of fused-ring (bicyclic) bond motifs is 4. The number of anilines is 3. The van der Waals surface area contributed by atoms with Crippen molar-refractivity contribution in [2.45, 2.75) is 82.3 Å². The second-order valence-electron chi connectivity index (χ2n) is 11.8. The van der Waals surface area contributed by atoms with Gasteiger partial charge in [0.05, 0.1) is 23.9 Å². The van der Waals surface area contributed by atoms with E-state index in [0.717, 1.165) is 28.0 Å². The lowest BCUT2D eigenvalue weighted by molar-refractivity contribution is -0.136. The minimum Gasteiger partial charge on any atom is -0.392 e. The highest BCUT2D eigenvalue weighted by molar-refractivity contribution is 5.90. The van der Waals surface area contributed by atoms with Gasteiger partial charge in [0.15, 0.2) is 5.82 Å². The van der Waals surface area contributed by atoms with Gasteiger partial charge in [0.25, 0.3) is 0 Å². The smallest absolute Gasteiger partial charge is 0.240 e. The minimum absolute atomic E-state index is 0.0751. The fourth-order valence-corrected chi connectivity index (χ4v) is 7.02. The van der Waals surface area contributed by atoms with E-state index in [1.807, 2.05) is 35.0 Å². The van der Waals surface area contributed by atoms with E-state index >= 15 is 0 Å². The Morgan fingerprint density at radius 1 is 1.12 bits per heavy atom. The number of aromatic nitrogens is 4. The van der Waals surface area contributed by atoms with Crippen LogP contribution in [0.5, 0.6) is 0 Å². The largest absolute Gasteiger partial charge is 0.392 e. The standard InChI is InChI=1S/C29H36N8O3/c1-16(38)23-11-18-13-30-29(34-26(18)27(32-23)37-19-4-5-20(37)7-6-19)33-25-8-3-17-14-36(10-9-22(17)31-25)28(40)24-12-21(39)15-35(24)2/h3,8,11,13,16,19-21,24,38-39H,4-7,9-10,12,14-15H2,1-2H3,(H,30,31,33,34)/t16-,19?,20?,21-,24+/m1/s1. The van der Waals surface area contributed by atoms with Crippen molar-refractivity contribution in [3.8, 4) is 0 Å². The molecule has 7 heterocycles. The van der Waals surface area contributed by atoms with Crippen LogP contribution in [-0.2, 0) is 17.8 Å². The first-order chi connectivity index (χ1) is 19.3. The Morgan fingerprint density at radius 2 is 1.90 bits per heavy atom. The third-order valence-corrected chi connectivity index (χ3v) is 9.10. The molecule has 3 fully saturated rings. The maximum absolute atomic E-state index is 13.1. The van der Waals surface area contributed by atoms with Crippen molar-refractivity contribution >= 4 is 34.4 Å². The van der Waals surface area contributed by atoms with Gasteiger partial charge in [-0.2, -0.15) is 0 Å². The molecular weight excluding hydrogens is 508 g/mol. The van der Waals surface area contributed by atoms with E-state index in [-0.39, 0.29) is 11.9 Å². The molecule has 0 aliphatic carbocycles. The zero-order valence-electron chi connectivity index (χ0n) is 23.0. The molecule has 0 unspecified atom stereocenters. The summed E-state index contributed by atoms with van der Waals surface area (Å²) in [6.45, 7) is 3.40. The molecule has 40 heavy (non-hydrogen) atoms. The second-order valence-corrected chi connectivity index (χ2v) is 11.8. The molecule has 0 aromatic carbocycles. The van der Waals surface area contributed by atoms with Crippen molar-refractivity contribution in [2.24, 2.45) is 0 Å². The number of carbonyl (C=O) groups is 1. The van der Waals surface area contributed by atoms with Crippen molar-refractivity contribution in [3.05, 3.63) is 41.3 Å². The van der Waals surface area contributed by atoms with E-state index in [1.165, 1.54) is 25.7 Å². The zero-order valence-corrected chi connectivity index (χ0v) is 23.0. The van der Waals surface area contributed by atoms with Crippen LogP contribution in [-0.4, -0.2) is 90.2 Å². The van der Waals surface area contributed by atoms with Gasteiger partial charge in [-0.25, -0.2) is 19.9 Å². The molecule has 3 N–H and O–H groups in total. The van der Waals surface area contributed by atoms with E-state index in [2.05, 4.69) is 15.2 Å². The van der Waals surface area contributed by atoms with Crippen LogP contribution in [0.4, 0.5) is 17.6 Å². The number of hydrogen-bond donors (Lipinski definition) is 3. The highest BCUT2D eigenvalue weighted by Crippen LogP contribution is 2.42. The Morgan fingerprint density at radius 3 is 2.60 bits per heavy atom. The summed E-state index contributed by atoms with van der Waals surface area (Å²) >= 11 is 0. The van der Waals surface area contributed by atoms with E-state index in [1.54, 1.807) is 13.1 Å². The first-order valence-electron chi connectivity index (χ1n) is 14.4. The summed E-state index contributed by atoms with van der Waals surface area (Å²) in [5, 5.41) is 24.4. The molecule has 0 saturated carbocycles. The second kappa shape index (κ2) is 9.90. The number of β-amino-alcohol motifs (C(OH)–C–C–N with tert-alkyl or cyclic N) is 1. The summed E-state index contributed by atoms with van der Waals surface area (Å²) in [6.07, 6.45) is 6.52. The third kappa shape index (κ3) is 4.46.